The van der Waals surface area contributed by atoms with E-state index in [0.717, 1.165) is 49.8 Å². The van der Waals surface area contributed by atoms with Crippen molar-refractivity contribution in [3.63, 3.8) is 0 Å². The monoisotopic (exact) mass is 232 g/mol. The first-order valence-electron chi connectivity index (χ1n) is 6.29. The van der Waals surface area contributed by atoms with Gasteiger partial charge in [0.15, 0.2) is 0 Å². The Morgan fingerprint density at radius 1 is 1.24 bits per heavy atom. The third-order valence-electron chi connectivity index (χ3n) is 2.70. The first kappa shape index (κ1) is 13.8. The molecule has 92 valence electrons. The van der Waals surface area contributed by atoms with Crippen LogP contribution >= 0.6 is 0 Å². The first-order chi connectivity index (χ1) is 8.24. The lowest BCUT2D eigenvalue weighted by atomic mass is 9.94. The van der Waals surface area contributed by atoms with E-state index in [2.05, 4.69) is 5.32 Å². The van der Waals surface area contributed by atoms with E-state index in [9.17, 15) is 4.79 Å². The van der Waals surface area contributed by atoms with Crippen LogP contribution in [0.15, 0.2) is 24.3 Å². The highest BCUT2D eigenvalue weighted by Crippen LogP contribution is 1.99. The third kappa shape index (κ3) is 5.54. The SMILES string of the molecule is Bc1cccc(C(=O)NCCCCCCN)c1. The largest absolute Gasteiger partial charge is 0.352 e. The van der Waals surface area contributed by atoms with Gasteiger partial charge in [0.05, 0.1) is 0 Å². The molecule has 0 unspecified atom stereocenters. The van der Waals surface area contributed by atoms with Gasteiger partial charge >= 0.3 is 0 Å². The van der Waals surface area contributed by atoms with Crippen LogP contribution in [-0.4, -0.2) is 26.8 Å². The number of carbonyl (C=O) groups excluding carboxylic acids is 1. The van der Waals surface area contributed by atoms with E-state index >= 15 is 0 Å². The molecule has 0 aromatic heterocycles. The van der Waals surface area contributed by atoms with Gasteiger partial charge in [-0.3, -0.25) is 4.79 Å². The zero-order valence-corrected chi connectivity index (χ0v) is 10.5. The molecule has 0 aliphatic carbocycles. The lowest BCUT2D eigenvalue weighted by Gasteiger charge is -2.05. The number of rotatable bonds is 7. The van der Waals surface area contributed by atoms with Crippen LogP contribution in [0, 0.1) is 0 Å². The van der Waals surface area contributed by atoms with Crippen molar-refractivity contribution in [1.82, 2.24) is 5.32 Å². The Labute approximate surface area is 104 Å². The molecule has 0 heterocycles. The molecule has 0 radical (unpaired) electrons. The van der Waals surface area contributed by atoms with Gasteiger partial charge in [0, 0.05) is 12.1 Å². The molecule has 4 heteroatoms. The summed E-state index contributed by atoms with van der Waals surface area (Å²) >= 11 is 0. The Hall–Kier alpha value is -1.29. The van der Waals surface area contributed by atoms with E-state index in [1.54, 1.807) is 0 Å². The average Bonchev–Trinajstić information content (AvgIpc) is 2.33. The van der Waals surface area contributed by atoms with Gasteiger partial charge in [-0.1, -0.05) is 36.5 Å². The number of unbranched alkanes of at least 4 members (excludes halogenated alkanes) is 3. The van der Waals surface area contributed by atoms with Gasteiger partial charge in [-0.15, -0.1) is 0 Å². The van der Waals surface area contributed by atoms with Crippen molar-refractivity contribution in [1.29, 1.82) is 0 Å². The number of carbonyl (C=O) groups is 1. The minimum atomic E-state index is 0.0209. The molecule has 17 heavy (non-hydrogen) atoms. The van der Waals surface area contributed by atoms with Gasteiger partial charge in [-0.2, -0.15) is 0 Å². The highest BCUT2D eigenvalue weighted by molar-refractivity contribution is 6.32. The smallest absolute Gasteiger partial charge is 0.251 e. The summed E-state index contributed by atoms with van der Waals surface area (Å²) < 4.78 is 0. The zero-order chi connectivity index (χ0) is 12.5. The van der Waals surface area contributed by atoms with Crippen LogP contribution in [0.4, 0.5) is 0 Å². The number of hydrogen-bond acceptors (Lipinski definition) is 2. The quantitative estimate of drug-likeness (QED) is 0.521. The molecule has 3 nitrogen and oxygen atoms in total. The van der Waals surface area contributed by atoms with E-state index in [0.29, 0.717) is 0 Å². The molecule has 3 N–H and O–H groups in total. The zero-order valence-electron chi connectivity index (χ0n) is 10.5. The molecule has 0 saturated carbocycles. The average molecular weight is 232 g/mol. The molecular formula is C13H21BN2O. The molecule has 0 saturated heterocycles. The lowest BCUT2D eigenvalue weighted by molar-refractivity contribution is 0.0953. The van der Waals surface area contributed by atoms with E-state index in [1.165, 1.54) is 0 Å². The Morgan fingerprint density at radius 2 is 2.00 bits per heavy atom. The van der Waals surface area contributed by atoms with Crippen molar-refractivity contribution in [2.75, 3.05) is 13.1 Å². The maximum atomic E-state index is 11.8. The number of benzene rings is 1. The predicted octanol–water partition coefficient (Wildman–Crippen LogP) is 0.194. The minimum absolute atomic E-state index is 0.0209. The second-order valence-electron chi connectivity index (χ2n) is 4.33. The maximum Gasteiger partial charge on any atom is 0.251 e. The van der Waals surface area contributed by atoms with Crippen LogP contribution in [0.2, 0.25) is 0 Å². The number of nitrogens with one attached hydrogen (secondary N) is 1. The summed E-state index contributed by atoms with van der Waals surface area (Å²) in [6.45, 7) is 1.51. The maximum absolute atomic E-state index is 11.8. The molecule has 0 fully saturated rings. The van der Waals surface area contributed by atoms with Crippen LogP contribution in [-0.2, 0) is 0 Å². The summed E-state index contributed by atoms with van der Waals surface area (Å²) in [7, 11) is 1.99. The van der Waals surface area contributed by atoms with Crippen molar-refractivity contribution < 1.29 is 4.79 Å². The summed E-state index contributed by atoms with van der Waals surface area (Å²) in [4.78, 5) is 11.8. The Kier molecular flexibility index (Phi) is 6.41. The molecule has 0 atom stereocenters. The van der Waals surface area contributed by atoms with E-state index < -0.39 is 0 Å². The molecule has 0 aliphatic heterocycles. The van der Waals surface area contributed by atoms with E-state index in [4.69, 9.17) is 5.73 Å². The molecule has 0 spiro atoms. The first-order valence-corrected chi connectivity index (χ1v) is 6.29. The van der Waals surface area contributed by atoms with Crippen molar-refractivity contribution in [2.24, 2.45) is 5.73 Å². The van der Waals surface area contributed by atoms with Gasteiger partial charge in [-0.25, -0.2) is 0 Å². The summed E-state index contributed by atoms with van der Waals surface area (Å²) in [6.07, 6.45) is 4.38. The van der Waals surface area contributed by atoms with Crippen LogP contribution in [0.5, 0.6) is 0 Å². The highest BCUT2D eigenvalue weighted by Gasteiger charge is 2.03. The molecule has 0 bridgehead atoms. The topological polar surface area (TPSA) is 55.1 Å². The van der Waals surface area contributed by atoms with Crippen LogP contribution in [0.3, 0.4) is 0 Å². The summed E-state index contributed by atoms with van der Waals surface area (Å²) in [5.41, 5.74) is 7.27. The highest BCUT2D eigenvalue weighted by atomic mass is 16.1. The van der Waals surface area contributed by atoms with Crippen LogP contribution < -0.4 is 16.5 Å². The van der Waals surface area contributed by atoms with Gasteiger partial charge in [0.25, 0.3) is 5.91 Å². The third-order valence-corrected chi connectivity index (χ3v) is 2.70. The van der Waals surface area contributed by atoms with E-state index in [-0.39, 0.29) is 5.91 Å². The summed E-state index contributed by atoms with van der Waals surface area (Å²) in [6, 6.07) is 7.65. The molecular weight excluding hydrogens is 211 g/mol. The lowest BCUT2D eigenvalue weighted by Crippen LogP contribution is -2.25. The van der Waals surface area contributed by atoms with Crippen LogP contribution in [0.25, 0.3) is 0 Å². The second kappa shape index (κ2) is 7.90. The van der Waals surface area contributed by atoms with Crippen LogP contribution in [0.1, 0.15) is 36.0 Å². The summed E-state index contributed by atoms with van der Waals surface area (Å²) in [5, 5.41) is 2.93. The van der Waals surface area contributed by atoms with Crippen molar-refractivity contribution in [2.45, 2.75) is 25.7 Å². The van der Waals surface area contributed by atoms with Crippen molar-refractivity contribution in [3.05, 3.63) is 29.8 Å². The Balaban J connectivity index is 2.21. The standard InChI is InChI=1S/C13H21BN2O/c14-12-7-5-6-11(10-12)13(17)16-9-4-2-1-3-8-15/h5-7,10H,1-4,8-9,14-15H2,(H,16,17). The van der Waals surface area contributed by atoms with Gasteiger partial charge in [0.2, 0.25) is 0 Å². The normalized spacial score (nSPS) is 10.2. The molecule has 1 aromatic carbocycles. The second-order valence-corrected chi connectivity index (χ2v) is 4.33. The number of nitrogens with two attached hydrogens (primary N) is 1. The van der Waals surface area contributed by atoms with Gasteiger partial charge < -0.3 is 11.1 Å². The molecule has 0 aliphatic rings. The number of hydrogen-bond donors (Lipinski definition) is 2. The predicted molar refractivity (Wildman–Crippen MR) is 74.5 cm³/mol. The fraction of sp³-hybridized carbons (Fsp3) is 0.462. The van der Waals surface area contributed by atoms with Crippen molar-refractivity contribution in [3.8, 4) is 0 Å². The summed E-state index contributed by atoms with van der Waals surface area (Å²) in [5.74, 6) is 0.0209. The van der Waals surface area contributed by atoms with E-state index in [1.807, 2.05) is 32.1 Å². The molecule has 1 aromatic rings. The Morgan fingerprint density at radius 3 is 2.71 bits per heavy atom. The number of amides is 1. The fourth-order valence-electron chi connectivity index (χ4n) is 1.71. The van der Waals surface area contributed by atoms with Gasteiger partial charge in [-0.05, 0) is 25.5 Å². The Bertz CT molecular complexity index is 355. The molecule has 1 rings (SSSR count). The molecule has 1 amide bonds. The fourth-order valence-corrected chi connectivity index (χ4v) is 1.71. The minimum Gasteiger partial charge on any atom is -0.352 e. The van der Waals surface area contributed by atoms with Crippen molar-refractivity contribution >= 4 is 19.2 Å². The van der Waals surface area contributed by atoms with Gasteiger partial charge in [0.1, 0.15) is 7.85 Å².